The number of fused-ring (bicyclic) bond motifs is 1. The highest BCUT2D eigenvalue weighted by Gasteiger charge is 2.21. The van der Waals surface area contributed by atoms with E-state index in [1.165, 1.54) is 12.1 Å². The molecule has 92 valence electrons. The Bertz CT molecular complexity index is 565. The molecule has 0 bridgehead atoms. The number of phenols is 1. The molecule has 0 saturated heterocycles. The molecule has 18 heavy (non-hydrogen) atoms. The lowest BCUT2D eigenvalue weighted by atomic mass is 9.90. The van der Waals surface area contributed by atoms with Crippen molar-refractivity contribution in [2.24, 2.45) is 0 Å². The molecule has 0 fully saturated rings. The Balaban J connectivity index is 2.03. The number of nitrogens with one attached hydrogen (secondary N) is 1. The lowest BCUT2D eigenvalue weighted by molar-refractivity contribution is 0.471. The van der Waals surface area contributed by atoms with Crippen molar-refractivity contribution in [2.75, 3.05) is 6.54 Å². The molecule has 2 nitrogen and oxygen atoms in total. The first kappa shape index (κ1) is 11.2. The minimum absolute atomic E-state index is 0.0787. The molecule has 2 aromatic rings. The average Bonchev–Trinajstić information content (AvgIpc) is 2.38. The van der Waals surface area contributed by atoms with E-state index in [0.717, 1.165) is 29.7 Å². The van der Waals surface area contributed by atoms with Crippen LogP contribution in [0.3, 0.4) is 0 Å². The molecule has 0 spiro atoms. The third-order valence-corrected chi connectivity index (χ3v) is 3.38. The molecule has 1 heterocycles. The molecular formula is C15H14FNO. The van der Waals surface area contributed by atoms with Crippen LogP contribution >= 0.6 is 0 Å². The highest BCUT2D eigenvalue weighted by Crippen LogP contribution is 2.30. The van der Waals surface area contributed by atoms with Crippen LogP contribution < -0.4 is 5.32 Å². The van der Waals surface area contributed by atoms with Gasteiger partial charge < -0.3 is 10.4 Å². The molecular weight excluding hydrogens is 229 g/mol. The Kier molecular flexibility index (Phi) is 2.76. The Morgan fingerprint density at radius 2 is 1.89 bits per heavy atom. The first-order valence-electron chi connectivity index (χ1n) is 6.05. The number of phenolic OH excluding ortho intramolecular Hbond substituents is 1. The SMILES string of the molecule is Oc1ccc2c(c1)CCNC2c1ccc(F)cc1. The highest BCUT2D eigenvalue weighted by atomic mass is 19.1. The van der Waals surface area contributed by atoms with Crippen LogP contribution in [0.4, 0.5) is 4.39 Å². The summed E-state index contributed by atoms with van der Waals surface area (Å²) in [5.74, 6) is 0.0778. The van der Waals surface area contributed by atoms with E-state index in [-0.39, 0.29) is 11.9 Å². The molecule has 0 saturated carbocycles. The van der Waals surface area contributed by atoms with E-state index in [4.69, 9.17) is 0 Å². The van der Waals surface area contributed by atoms with E-state index >= 15 is 0 Å². The van der Waals surface area contributed by atoms with Crippen molar-refractivity contribution in [3.8, 4) is 5.75 Å². The summed E-state index contributed by atoms with van der Waals surface area (Å²) in [6.07, 6.45) is 0.904. The first-order chi connectivity index (χ1) is 8.74. The summed E-state index contributed by atoms with van der Waals surface area (Å²) in [5, 5.41) is 12.9. The number of halogens is 1. The minimum Gasteiger partial charge on any atom is -0.508 e. The van der Waals surface area contributed by atoms with Crippen LogP contribution in [0.1, 0.15) is 22.7 Å². The van der Waals surface area contributed by atoms with Gasteiger partial charge >= 0.3 is 0 Å². The lowest BCUT2D eigenvalue weighted by Crippen LogP contribution is -2.30. The van der Waals surface area contributed by atoms with Crippen molar-refractivity contribution >= 4 is 0 Å². The van der Waals surface area contributed by atoms with Crippen LogP contribution in [0.15, 0.2) is 42.5 Å². The Morgan fingerprint density at radius 3 is 2.67 bits per heavy atom. The summed E-state index contributed by atoms with van der Waals surface area (Å²) in [4.78, 5) is 0. The van der Waals surface area contributed by atoms with Crippen LogP contribution in [-0.4, -0.2) is 11.7 Å². The molecule has 1 unspecified atom stereocenters. The van der Waals surface area contributed by atoms with Crippen LogP contribution in [0.25, 0.3) is 0 Å². The van der Waals surface area contributed by atoms with E-state index in [9.17, 15) is 9.50 Å². The fourth-order valence-corrected chi connectivity index (χ4v) is 2.50. The fraction of sp³-hybridized carbons (Fsp3) is 0.200. The van der Waals surface area contributed by atoms with Crippen LogP contribution in [0.2, 0.25) is 0 Å². The third-order valence-electron chi connectivity index (χ3n) is 3.38. The standard InChI is InChI=1S/C15H14FNO/c16-12-3-1-10(2-4-12)15-14-6-5-13(18)9-11(14)7-8-17-15/h1-6,9,15,17-18H,7-8H2. The number of hydrogen-bond donors (Lipinski definition) is 2. The summed E-state index contributed by atoms with van der Waals surface area (Å²) in [7, 11) is 0. The quantitative estimate of drug-likeness (QED) is 0.807. The largest absolute Gasteiger partial charge is 0.508 e. The molecule has 0 aliphatic carbocycles. The maximum Gasteiger partial charge on any atom is 0.123 e. The van der Waals surface area contributed by atoms with Gasteiger partial charge in [-0.05, 0) is 47.4 Å². The van der Waals surface area contributed by atoms with E-state index in [0.29, 0.717) is 5.75 Å². The number of aromatic hydroxyl groups is 1. The van der Waals surface area contributed by atoms with Gasteiger partial charge in [0, 0.05) is 6.54 Å². The first-order valence-corrected chi connectivity index (χ1v) is 6.05. The summed E-state index contributed by atoms with van der Waals surface area (Å²) < 4.78 is 12.9. The van der Waals surface area contributed by atoms with Gasteiger partial charge in [0.1, 0.15) is 11.6 Å². The van der Waals surface area contributed by atoms with Gasteiger partial charge in [0.15, 0.2) is 0 Å². The predicted molar refractivity (Wildman–Crippen MR) is 68.1 cm³/mol. The summed E-state index contributed by atoms with van der Waals surface area (Å²) >= 11 is 0. The number of benzene rings is 2. The zero-order valence-electron chi connectivity index (χ0n) is 9.86. The molecule has 0 amide bonds. The predicted octanol–water partition coefficient (Wildman–Crippen LogP) is 2.77. The van der Waals surface area contributed by atoms with Crippen molar-refractivity contribution in [1.29, 1.82) is 0 Å². The minimum atomic E-state index is -0.222. The molecule has 3 rings (SSSR count). The van der Waals surface area contributed by atoms with Gasteiger partial charge in [-0.3, -0.25) is 0 Å². The van der Waals surface area contributed by atoms with Crippen molar-refractivity contribution in [1.82, 2.24) is 5.32 Å². The summed E-state index contributed by atoms with van der Waals surface area (Å²) in [6.45, 7) is 0.860. The average molecular weight is 243 g/mol. The molecule has 1 aliphatic heterocycles. The van der Waals surface area contributed by atoms with Gasteiger partial charge in [0.2, 0.25) is 0 Å². The van der Waals surface area contributed by atoms with Crippen molar-refractivity contribution in [2.45, 2.75) is 12.5 Å². The van der Waals surface area contributed by atoms with Crippen molar-refractivity contribution < 1.29 is 9.50 Å². The number of hydrogen-bond acceptors (Lipinski definition) is 2. The molecule has 2 N–H and O–H groups in total. The van der Waals surface area contributed by atoms with E-state index in [2.05, 4.69) is 5.32 Å². The third kappa shape index (κ3) is 1.97. The maximum absolute atomic E-state index is 12.9. The molecule has 0 aromatic heterocycles. The van der Waals surface area contributed by atoms with Crippen molar-refractivity contribution in [3.05, 3.63) is 65.0 Å². The monoisotopic (exact) mass is 243 g/mol. The Labute approximate surface area is 105 Å². The van der Waals surface area contributed by atoms with Gasteiger partial charge in [-0.2, -0.15) is 0 Å². The second kappa shape index (κ2) is 4.42. The van der Waals surface area contributed by atoms with Crippen LogP contribution in [0.5, 0.6) is 5.75 Å². The van der Waals surface area contributed by atoms with E-state index in [1.807, 2.05) is 12.1 Å². The van der Waals surface area contributed by atoms with Gasteiger partial charge in [0.25, 0.3) is 0 Å². The Hall–Kier alpha value is -1.87. The summed E-state index contributed by atoms with van der Waals surface area (Å²) in [6, 6.07) is 12.1. The normalized spacial score (nSPS) is 18.4. The molecule has 3 heteroatoms. The fourth-order valence-electron chi connectivity index (χ4n) is 2.50. The number of rotatable bonds is 1. The topological polar surface area (TPSA) is 32.3 Å². The zero-order valence-corrected chi connectivity index (χ0v) is 9.86. The smallest absolute Gasteiger partial charge is 0.123 e. The van der Waals surface area contributed by atoms with E-state index < -0.39 is 0 Å². The Morgan fingerprint density at radius 1 is 1.11 bits per heavy atom. The molecule has 1 aliphatic rings. The van der Waals surface area contributed by atoms with Gasteiger partial charge in [-0.15, -0.1) is 0 Å². The van der Waals surface area contributed by atoms with Gasteiger partial charge in [0.05, 0.1) is 6.04 Å². The van der Waals surface area contributed by atoms with Crippen LogP contribution in [-0.2, 0) is 6.42 Å². The second-order valence-electron chi connectivity index (χ2n) is 4.57. The molecule has 1 atom stereocenters. The lowest BCUT2D eigenvalue weighted by Gasteiger charge is -2.27. The van der Waals surface area contributed by atoms with Gasteiger partial charge in [-0.25, -0.2) is 4.39 Å². The highest BCUT2D eigenvalue weighted by molar-refractivity contribution is 5.43. The molecule has 2 aromatic carbocycles. The maximum atomic E-state index is 12.9. The van der Waals surface area contributed by atoms with Crippen LogP contribution in [0, 0.1) is 5.82 Å². The summed E-state index contributed by atoms with van der Waals surface area (Å²) in [5.41, 5.74) is 3.36. The van der Waals surface area contributed by atoms with Gasteiger partial charge in [-0.1, -0.05) is 18.2 Å². The second-order valence-corrected chi connectivity index (χ2v) is 4.57. The van der Waals surface area contributed by atoms with Crippen molar-refractivity contribution in [3.63, 3.8) is 0 Å². The zero-order chi connectivity index (χ0) is 12.5. The molecule has 0 radical (unpaired) electrons. The van der Waals surface area contributed by atoms with E-state index in [1.54, 1.807) is 18.2 Å².